The topological polar surface area (TPSA) is 29.1 Å². The van der Waals surface area contributed by atoms with Crippen molar-refractivity contribution in [3.8, 4) is 0 Å². The largest absolute Gasteiger partial charge is 0.382 e. The van der Waals surface area contributed by atoms with Crippen LogP contribution in [0, 0.1) is 0 Å². The van der Waals surface area contributed by atoms with Crippen LogP contribution in [-0.2, 0) is 0 Å². The molecule has 21 heavy (non-hydrogen) atoms. The van der Waals surface area contributed by atoms with Crippen molar-refractivity contribution in [2.75, 3.05) is 5.32 Å². The molecule has 2 rings (SSSR count). The van der Waals surface area contributed by atoms with E-state index in [2.05, 4.69) is 19.2 Å². The van der Waals surface area contributed by atoms with Crippen LogP contribution in [0.2, 0.25) is 0 Å². The van der Waals surface area contributed by atoms with E-state index in [4.69, 9.17) is 0 Å². The number of para-hydroxylation sites is 1. The molecule has 1 unspecified atom stereocenters. The van der Waals surface area contributed by atoms with Gasteiger partial charge in [0.1, 0.15) is 0 Å². The van der Waals surface area contributed by atoms with Crippen LogP contribution >= 0.6 is 0 Å². The average molecular weight is 281 g/mol. The summed E-state index contributed by atoms with van der Waals surface area (Å²) >= 11 is 0. The van der Waals surface area contributed by atoms with Gasteiger partial charge in [-0.2, -0.15) is 0 Å². The number of benzene rings is 2. The van der Waals surface area contributed by atoms with Gasteiger partial charge in [0.05, 0.1) is 0 Å². The Morgan fingerprint density at radius 1 is 1.05 bits per heavy atom. The second kappa shape index (κ2) is 7.63. The molecule has 0 bridgehead atoms. The Morgan fingerprint density at radius 2 is 1.71 bits per heavy atom. The molecule has 2 aromatic rings. The zero-order valence-corrected chi connectivity index (χ0v) is 12.8. The highest BCUT2D eigenvalue weighted by Gasteiger charge is 2.14. The predicted octanol–water partition coefficient (Wildman–Crippen LogP) is 4.91. The van der Waals surface area contributed by atoms with Gasteiger partial charge in [0.2, 0.25) is 0 Å². The van der Waals surface area contributed by atoms with E-state index in [1.165, 1.54) is 12.8 Å². The lowest BCUT2D eigenvalue weighted by Gasteiger charge is -2.17. The van der Waals surface area contributed by atoms with Crippen LogP contribution in [0.3, 0.4) is 0 Å². The first kappa shape index (κ1) is 15.3. The first-order chi connectivity index (χ1) is 10.2. The maximum atomic E-state index is 12.6. The Kier molecular flexibility index (Phi) is 5.56. The highest BCUT2D eigenvalue weighted by Crippen LogP contribution is 2.21. The summed E-state index contributed by atoms with van der Waals surface area (Å²) in [4.78, 5) is 12.6. The van der Waals surface area contributed by atoms with E-state index in [-0.39, 0.29) is 5.78 Å². The number of anilines is 1. The maximum Gasteiger partial charge on any atom is 0.195 e. The van der Waals surface area contributed by atoms with Gasteiger partial charge in [-0.1, -0.05) is 62.2 Å². The Morgan fingerprint density at radius 3 is 2.43 bits per heavy atom. The summed E-state index contributed by atoms with van der Waals surface area (Å²) in [6.45, 7) is 4.36. The van der Waals surface area contributed by atoms with Gasteiger partial charge >= 0.3 is 0 Å². The molecule has 110 valence electrons. The molecular weight excluding hydrogens is 258 g/mol. The highest BCUT2D eigenvalue weighted by atomic mass is 16.1. The molecule has 2 nitrogen and oxygen atoms in total. The van der Waals surface area contributed by atoms with Crippen molar-refractivity contribution >= 4 is 11.5 Å². The lowest BCUT2D eigenvalue weighted by atomic mass is 10.0. The molecule has 0 aliphatic rings. The molecule has 2 heteroatoms. The van der Waals surface area contributed by atoms with Crippen LogP contribution in [0.5, 0.6) is 0 Å². The summed E-state index contributed by atoms with van der Waals surface area (Å²) in [6, 6.07) is 17.6. The van der Waals surface area contributed by atoms with Crippen molar-refractivity contribution in [1.29, 1.82) is 0 Å². The summed E-state index contributed by atoms with van der Waals surface area (Å²) in [5.41, 5.74) is 2.40. The average Bonchev–Trinajstić information content (AvgIpc) is 2.53. The first-order valence-electron chi connectivity index (χ1n) is 7.67. The molecule has 1 atom stereocenters. The lowest BCUT2D eigenvalue weighted by Crippen LogP contribution is -2.17. The molecule has 0 aromatic heterocycles. The molecule has 0 aliphatic heterocycles. The van der Waals surface area contributed by atoms with Gasteiger partial charge in [-0.3, -0.25) is 4.79 Å². The number of unbranched alkanes of at least 4 members (excludes halogenated alkanes) is 1. The van der Waals surface area contributed by atoms with E-state index in [1.807, 2.05) is 54.6 Å². The summed E-state index contributed by atoms with van der Waals surface area (Å²) < 4.78 is 0. The number of hydrogen-bond donors (Lipinski definition) is 1. The minimum Gasteiger partial charge on any atom is -0.382 e. The van der Waals surface area contributed by atoms with Gasteiger partial charge in [-0.05, 0) is 25.5 Å². The number of ketones is 1. The van der Waals surface area contributed by atoms with Gasteiger partial charge in [0.15, 0.2) is 5.78 Å². The van der Waals surface area contributed by atoms with Gasteiger partial charge in [0, 0.05) is 22.9 Å². The zero-order valence-electron chi connectivity index (χ0n) is 12.8. The monoisotopic (exact) mass is 281 g/mol. The molecule has 0 aliphatic carbocycles. The number of hydrogen-bond acceptors (Lipinski definition) is 2. The third kappa shape index (κ3) is 4.19. The maximum absolute atomic E-state index is 12.6. The molecule has 0 spiro atoms. The van der Waals surface area contributed by atoms with Gasteiger partial charge < -0.3 is 5.32 Å². The van der Waals surface area contributed by atoms with E-state index >= 15 is 0 Å². The summed E-state index contributed by atoms with van der Waals surface area (Å²) in [6.07, 6.45) is 3.50. The van der Waals surface area contributed by atoms with E-state index < -0.39 is 0 Å². The highest BCUT2D eigenvalue weighted by molar-refractivity contribution is 6.12. The summed E-state index contributed by atoms with van der Waals surface area (Å²) in [5, 5.41) is 3.48. The molecule has 2 aromatic carbocycles. The number of carbonyl (C=O) groups excluding carboxylic acids is 1. The van der Waals surface area contributed by atoms with Crippen molar-refractivity contribution in [1.82, 2.24) is 0 Å². The Balaban J connectivity index is 2.19. The fraction of sp³-hybridized carbons (Fsp3) is 0.316. The zero-order chi connectivity index (χ0) is 15.1. The van der Waals surface area contributed by atoms with E-state index in [1.54, 1.807) is 0 Å². The van der Waals surface area contributed by atoms with E-state index in [0.717, 1.165) is 23.2 Å². The van der Waals surface area contributed by atoms with Crippen molar-refractivity contribution in [3.05, 3.63) is 65.7 Å². The minimum absolute atomic E-state index is 0.0707. The normalized spacial score (nSPS) is 11.9. The fourth-order valence-corrected chi connectivity index (χ4v) is 2.40. The fourth-order valence-electron chi connectivity index (χ4n) is 2.40. The Labute approximate surface area is 127 Å². The molecule has 0 fully saturated rings. The van der Waals surface area contributed by atoms with Gasteiger partial charge in [-0.25, -0.2) is 0 Å². The molecular formula is C19H23NO. The van der Waals surface area contributed by atoms with Crippen LogP contribution < -0.4 is 5.32 Å². The van der Waals surface area contributed by atoms with Crippen LogP contribution in [-0.4, -0.2) is 11.8 Å². The van der Waals surface area contributed by atoms with Crippen LogP contribution in [0.1, 0.15) is 49.0 Å². The molecule has 0 heterocycles. The quantitative estimate of drug-likeness (QED) is 0.731. The SMILES string of the molecule is CCCCC(C)Nc1ccccc1C(=O)c1ccccc1. The smallest absolute Gasteiger partial charge is 0.195 e. The predicted molar refractivity (Wildman–Crippen MR) is 88.9 cm³/mol. The first-order valence-corrected chi connectivity index (χ1v) is 7.67. The third-order valence-corrected chi connectivity index (χ3v) is 3.60. The Bertz CT molecular complexity index is 577. The molecule has 0 amide bonds. The van der Waals surface area contributed by atoms with E-state index in [0.29, 0.717) is 6.04 Å². The standard InChI is InChI=1S/C19H23NO/c1-3-4-10-15(2)20-18-14-9-8-13-17(18)19(21)16-11-6-5-7-12-16/h5-9,11-15,20H,3-4,10H2,1-2H3. The van der Waals surface area contributed by atoms with Crippen LogP contribution in [0.4, 0.5) is 5.69 Å². The number of rotatable bonds is 7. The molecule has 0 radical (unpaired) electrons. The van der Waals surface area contributed by atoms with Gasteiger partial charge in [-0.15, -0.1) is 0 Å². The van der Waals surface area contributed by atoms with Crippen molar-refractivity contribution in [3.63, 3.8) is 0 Å². The van der Waals surface area contributed by atoms with Crippen LogP contribution in [0.25, 0.3) is 0 Å². The third-order valence-electron chi connectivity index (χ3n) is 3.60. The summed E-state index contributed by atoms with van der Waals surface area (Å²) in [5.74, 6) is 0.0707. The lowest BCUT2D eigenvalue weighted by molar-refractivity contribution is 0.103. The summed E-state index contributed by atoms with van der Waals surface area (Å²) in [7, 11) is 0. The second-order valence-electron chi connectivity index (χ2n) is 5.43. The minimum atomic E-state index is 0.0707. The van der Waals surface area contributed by atoms with Crippen molar-refractivity contribution in [2.45, 2.75) is 39.2 Å². The van der Waals surface area contributed by atoms with Crippen LogP contribution in [0.15, 0.2) is 54.6 Å². The van der Waals surface area contributed by atoms with Crippen molar-refractivity contribution < 1.29 is 4.79 Å². The number of nitrogens with one attached hydrogen (secondary N) is 1. The number of carbonyl (C=O) groups is 1. The molecule has 0 saturated carbocycles. The van der Waals surface area contributed by atoms with E-state index in [9.17, 15) is 4.79 Å². The molecule has 1 N–H and O–H groups in total. The second-order valence-corrected chi connectivity index (χ2v) is 5.43. The Hall–Kier alpha value is -2.09. The van der Waals surface area contributed by atoms with Gasteiger partial charge in [0.25, 0.3) is 0 Å². The van der Waals surface area contributed by atoms with Crippen molar-refractivity contribution in [2.24, 2.45) is 0 Å². The molecule has 0 saturated heterocycles.